The Morgan fingerprint density at radius 3 is 2.59 bits per heavy atom. The SMILES string of the molecule is c1ccc(CC2=NCc3ccccc3N2)cc1. The number of benzene rings is 2. The minimum absolute atomic E-state index is 0.783. The van der Waals surface area contributed by atoms with Crippen molar-refractivity contribution in [3.05, 3.63) is 65.7 Å². The summed E-state index contributed by atoms with van der Waals surface area (Å²) in [7, 11) is 0. The van der Waals surface area contributed by atoms with Crippen LogP contribution in [0.2, 0.25) is 0 Å². The number of fused-ring (bicyclic) bond motifs is 1. The van der Waals surface area contributed by atoms with Crippen LogP contribution in [-0.4, -0.2) is 5.84 Å². The van der Waals surface area contributed by atoms with Gasteiger partial charge in [0.1, 0.15) is 5.84 Å². The van der Waals surface area contributed by atoms with Crippen LogP contribution >= 0.6 is 0 Å². The van der Waals surface area contributed by atoms with E-state index in [4.69, 9.17) is 0 Å². The summed E-state index contributed by atoms with van der Waals surface area (Å²) in [6.45, 7) is 0.783. The Morgan fingerprint density at radius 2 is 1.71 bits per heavy atom. The topological polar surface area (TPSA) is 24.4 Å². The first-order chi connectivity index (χ1) is 8.42. The fourth-order valence-electron chi connectivity index (χ4n) is 2.05. The molecule has 0 amide bonds. The molecule has 0 atom stereocenters. The summed E-state index contributed by atoms with van der Waals surface area (Å²) in [6.07, 6.45) is 0.870. The Bertz CT molecular complexity index is 544. The van der Waals surface area contributed by atoms with Gasteiger partial charge in [0.05, 0.1) is 6.54 Å². The summed E-state index contributed by atoms with van der Waals surface area (Å²) in [4.78, 5) is 4.57. The van der Waals surface area contributed by atoms with Gasteiger partial charge in [-0.15, -0.1) is 0 Å². The second-order valence-corrected chi connectivity index (χ2v) is 4.21. The zero-order chi connectivity index (χ0) is 11.5. The average molecular weight is 222 g/mol. The van der Waals surface area contributed by atoms with E-state index in [1.54, 1.807) is 0 Å². The minimum Gasteiger partial charge on any atom is -0.344 e. The van der Waals surface area contributed by atoms with Gasteiger partial charge in [-0.3, -0.25) is 4.99 Å². The van der Waals surface area contributed by atoms with Gasteiger partial charge in [0, 0.05) is 12.1 Å². The van der Waals surface area contributed by atoms with Crippen molar-refractivity contribution in [1.82, 2.24) is 0 Å². The molecular formula is C15H14N2. The number of nitrogens with one attached hydrogen (secondary N) is 1. The standard InChI is InChI=1S/C15H14N2/c1-2-6-12(7-3-1)10-15-16-11-13-8-4-5-9-14(13)17-15/h1-9H,10-11H2,(H,16,17). The number of para-hydroxylation sites is 1. The number of hydrogen-bond acceptors (Lipinski definition) is 2. The maximum atomic E-state index is 4.57. The smallest absolute Gasteiger partial charge is 0.106 e. The molecule has 0 aliphatic carbocycles. The lowest BCUT2D eigenvalue weighted by Gasteiger charge is -2.18. The van der Waals surface area contributed by atoms with Gasteiger partial charge in [0.25, 0.3) is 0 Å². The Balaban J connectivity index is 1.78. The molecule has 0 radical (unpaired) electrons. The van der Waals surface area contributed by atoms with Crippen molar-refractivity contribution < 1.29 is 0 Å². The molecule has 0 saturated carbocycles. The highest BCUT2D eigenvalue weighted by atomic mass is 15.0. The molecule has 0 fully saturated rings. The minimum atomic E-state index is 0.783. The van der Waals surface area contributed by atoms with Gasteiger partial charge in [-0.05, 0) is 17.2 Å². The molecule has 2 aromatic rings. The first kappa shape index (κ1) is 10.1. The summed E-state index contributed by atoms with van der Waals surface area (Å²) in [6, 6.07) is 18.7. The normalized spacial score (nSPS) is 13.5. The van der Waals surface area contributed by atoms with Crippen molar-refractivity contribution in [3.63, 3.8) is 0 Å². The zero-order valence-corrected chi connectivity index (χ0v) is 9.56. The lowest BCUT2D eigenvalue weighted by Crippen LogP contribution is -2.19. The third-order valence-corrected chi connectivity index (χ3v) is 2.95. The predicted octanol–water partition coefficient (Wildman–Crippen LogP) is 3.25. The van der Waals surface area contributed by atoms with Gasteiger partial charge in [0.15, 0.2) is 0 Å². The quantitative estimate of drug-likeness (QED) is 0.828. The number of hydrogen-bond donors (Lipinski definition) is 1. The molecule has 0 bridgehead atoms. The third kappa shape index (κ3) is 2.21. The molecule has 17 heavy (non-hydrogen) atoms. The Morgan fingerprint density at radius 1 is 0.941 bits per heavy atom. The summed E-state index contributed by atoms with van der Waals surface area (Å²) in [5, 5.41) is 3.40. The molecule has 0 aromatic heterocycles. The lowest BCUT2D eigenvalue weighted by atomic mass is 10.1. The van der Waals surface area contributed by atoms with E-state index in [0.29, 0.717) is 0 Å². The van der Waals surface area contributed by atoms with E-state index in [9.17, 15) is 0 Å². The highest BCUT2D eigenvalue weighted by Crippen LogP contribution is 2.20. The molecule has 1 N–H and O–H groups in total. The van der Waals surface area contributed by atoms with Crippen molar-refractivity contribution in [1.29, 1.82) is 0 Å². The highest BCUT2D eigenvalue weighted by molar-refractivity contribution is 5.98. The molecule has 2 nitrogen and oxygen atoms in total. The maximum absolute atomic E-state index is 4.57. The molecule has 84 valence electrons. The van der Waals surface area contributed by atoms with Gasteiger partial charge < -0.3 is 5.32 Å². The molecule has 1 aliphatic rings. The first-order valence-electron chi connectivity index (χ1n) is 5.84. The summed E-state index contributed by atoms with van der Waals surface area (Å²) in [5.74, 6) is 1.05. The molecule has 1 heterocycles. The van der Waals surface area contributed by atoms with E-state index in [1.807, 2.05) is 6.07 Å². The van der Waals surface area contributed by atoms with Gasteiger partial charge in [-0.25, -0.2) is 0 Å². The maximum Gasteiger partial charge on any atom is 0.106 e. The van der Waals surface area contributed by atoms with Gasteiger partial charge in [-0.1, -0.05) is 48.5 Å². The van der Waals surface area contributed by atoms with Gasteiger partial charge >= 0.3 is 0 Å². The molecule has 3 rings (SSSR count). The Labute approximate surface area is 101 Å². The van der Waals surface area contributed by atoms with Crippen LogP contribution in [0.3, 0.4) is 0 Å². The van der Waals surface area contributed by atoms with Crippen LogP contribution in [0.4, 0.5) is 5.69 Å². The molecule has 0 spiro atoms. The van der Waals surface area contributed by atoms with E-state index < -0.39 is 0 Å². The first-order valence-corrected chi connectivity index (χ1v) is 5.84. The van der Waals surface area contributed by atoms with Crippen molar-refractivity contribution in [2.75, 3.05) is 5.32 Å². The number of anilines is 1. The fourth-order valence-corrected chi connectivity index (χ4v) is 2.05. The number of rotatable bonds is 2. The number of amidine groups is 1. The molecule has 1 aliphatic heterocycles. The van der Waals surface area contributed by atoms with Crippen LogP contribution in [0.25, 0.3) is 0 Å². The summed E-state index contributed by atoms with van der Waals surface area (Å²) >= 11 is 0. The summed E-state index contributed by atoms with van der Waals surface area (Å²) < 4.78 is 0. The van der Waals surface area contributed by atoms with Crippen LogP contribution in [0.5, 0.6) is 0 Å². The fraction of sp³-hybridized carbons (Fsp3) is 0.133. The average Bonchev–Trinajstić information content (AvgIpc) is 2.40. The third-order valence-electron chi connectivity index (χ3n) is 2.95. The molecule has 2 aromatic carbocycles. The second kappa shape index (κ2) is 4.42. The van der Waals surface area contributed by atoms with Crippen LogP contribution in [0.15, 0.2) is 59.6 Å². The molecule has 0 saturated heterocycles. The van der Waals surface area contributed by atoms with E-state index in [2.05, 4.69) is 58.8 Å². The van der Waals surface area contributed by atoms with Crippen LogP contribution in [-0.2, 0) is 13.0 Å². The van der Waals surface area contributed by atoms with Gasteiger partial charge in [0.2, 0.25) is 0 Å². The van der Waals surface area contributed by atoms with Crippen LogP contribution < -0.4 is 5.32 Å². The van der Waals surface area contributed by atoms with E-state index in [1.165, 1.54) is 16.8 Å². The monoisotopic (exact) mass is 222 g/mol. The second-order valence-electron chi connectivity index (χ2n) is 4.21. The Hall–Kier alpha value is -2.09. The van der Waals surface area contributed by atoms with Gasteiger partial charge in [-0.2, -0.15) is 0 Å². The van der Waals surface area contributed by atoms with Crippen molar-refractivity contribution in [2.24, 2.45) is 4.99 Å². The van der Waals surface area contributed by atoms with Crippen LogP contribution in [0.1, 0.15) is 11.1 Å². The number of nitrogens with zero attached hydrogens (tertiary/aromatic N) is 1. The Kier molecular flexibility index (Phi) is 2.62. The number of aliphatic imine (C=N–C) groups is 1. The van der Waals surface area contributed by atoms with E-state index >= 15 is 0 Å². The van der Waals surface area contributed by atoms with Crippen LogP contribution in [0, 0.1) is 0 Å². The predicted molar refractivity (Wildman–Crippen MR) is 71.3 cm³/mol. The molecule has 0 unspecified atom stereocenters. The summed E-state index contributed by atoms with van der Waals surface area (Å²) in [5.41, 5.74) is 3.75. The van der Waals surface area contributed by atoms with E-state index in [-0.39, 0.29) is 0 Å². The largest absolute Gasteiger partial charge is 0.344 e. The van der Waals surface area contributed by atoms with Crippen molar-refractivity contribution in [2.45, 2.75) is 13.0 Å². The lowest BCUT2D eigenvalue weighted by molar-refractivity contribution is 1.03. The van der Waals surface area contributed by atoms with E-state index in [0.717, 1.165) is 18.8 Å². The molecular weight excluding hydrogens is 208 g/mol. The highest BCUT2D eigenvalue weighted by Gasteiger charge is 2.10. The van der Waals surface area contributed by atoms with Crippen molar-refractivity contribution >= 4 is 11.5 Å². The van der Waals surface area contributed by atoms with Crippen molar-refractivity contribution in [3.8, 4) is 0 Å². The zero-order valence-electron chi connectivity index (χ0n) is 9.56. The molecule has 2 heteroatoms.